The van der Waals surface area contributed by atoms with Gasteiger partial charge in [-0.1, -0.05) is 179 Å². The van der Waals surface area contributed by atoms with Gasteiger partial charge in [0.15, 0.2) is 0 Å². The first-order valence-electron chi connectivity index (χ1n) is 24.8. The lowest BCUT2D eigenvalue weighted by molar-refractivity contribution is 0.208. The zero-order valence-electron chi connectivity index (χ0n) is 37.5. The van der Waals surface area contributed by atoms with Crippen LogP contribution in [0.4, 0.5) is 11.4 Å². The molecule has 0 atom stereocenters. The lowest BCUT2D eigenvalue weighted by Crippen LogP contribution is -2.33. The Morgan fingerprint density at radius 3 is 1.05 bits per heavy atom. The molecule has 4 aromatic carbocycles. The van der Waals surface area contributed by atoms with Crippen molar-refractivity contribution in [3.8, 4) is 23.0 Å². The van der Waals surface area contributed by atoms with Gasteiger partial charge < -0.3 is 20.9 Å². The molecule has 4 nitrogen and oxygen atoms in total. The first kappa shape index (κ1) is 45.6. The standard InChI is InChI=1S/C56H80N2O2/c1-2-3-4-5-6-7-8-9-10-11-12-13-14-15-16-17-18-45-19-21-46(22-20-45)23-24-47-41-43-56(44-42-47,48-25-33-52(34-26-48)59-54-37-29-50(57)30-38-54)49-27-35-53(36-28-49)60-55-39-31-51(58)32-40-55/h25-40,45-47H,2-24,41-44,57-58H2,1H3. The molecule has 2 aliphatic rings. The SMILES string of the molecule is CCCCCCCCCCCCCCCCCCC1CCC(CCC2CCC(c3ccc(Oc4ccc(N)cc4)cc3)(c3ccc(Oc4ccc(N)cc4)cc3)CC2)CC1. The fourth-order valence-corrected chi connectivity index (χ4v) is 10.5. The number of unbranched alkanes of at least 4 members (excludes halogenated alkanes) is 15. The molecule has 0 saturated heterocycles. The van der Waals surface area contributed by atoms with Crippen molar-refractivity contribution >= 4 is 11.4 Å². The van der Waals surface area contributed by atoms with Gasteiger partial charge in [-0.05, 0) is 127 Å². The monoisotopic (exact) mass is 813 g/mol. The van der Waals surface area contributed by atoms with E-state index in [4.69, 9.17) is 20.9 Å². The molecule has 326 valence electrons. The van der Waals surface area contributed by atoms with Crippen LogP contribution in [-0.4, -0.2) is 0 Å². The molecule has 0 aromatic heterocycles. The van der Waals surface area contributed by atoms with Crippen LogP contribution in [0.25, 0.3) is 0 Å². The van der Waals surface area contributed by atoms with Crippen LogP contribution in [0.1, 0.15) is 191 Å². The fourth-order valence-electron chi connectivity index (χ4n) is 10.5. The van der Waals surface area contributed by atoms with E-state index in [9.17, 15) is 0 Å². The van der Waals surface area contributed by atoms with Gasteiger partial charge in [-0.2, -0.15) is 0 Å². The molecule has 0 unspecified atom stereocenters. The number of anilines is 2. The largest absolute Gasteiger partial charge is 0.457 e. The van der Waals surface area contributed by atoms with Crippen LogP contribution in [0.3, 0.4) is 0 Å². The first-order valence-corrected chi connectivity index (χ1v) is 24.8. The molecule has 0 amide bonds. The van der Waals surface area contributed by atoms with Gasteiger partial charge in [0.1, 0.15) is 23.0 Å². The van der Waals surface area contributed by atoms with Crippen molar-refractivity contribution in [3.63, 3.8) is 0 Å². The molecule has 60 heavy (non-hydrogen) atoms. The van der Waals surface area contributed by atoms with Gasteiger partial charge in [-0.15, -0.1) is 0 Å². The van der Waals surface area contributed by atoms with Crippen molar-refractivity contribution in [2.75, 3.05) is 11.5 Å². The van der Waals surface area contributed by atoms with Crippen LogP contribution in [0.2, 0.25) is 0 Å². The minimum Gasteiger partial charge on any atom is -0.457 e. The molecule has 2 fully saturated rings. The van der Waals surface area contributed by atoms with Gasteiger partial charge in [0.05, 0.1) is 0 Å². The normalized spacial score (nSPS) is 18.0. The summed E-state index contributed by atoms with van der Waals surface area (Å²) in [6.07, 6.45) is 38.4. The van der Waals surface area contributed by atoms with E-state index in [0.29, 0.717) is 0 Å². The number of ether oxygens (including phenoxy) is 2. The molecule has 0 radical (unpaired) electrons. The number of hydrogen-bond donors (Lipinski definition) is 2. The van der Waals surface area contributed by atoms with E-state index in [1.807, 2.05) is 48.5 Å². The van der Waals surface area contributed by atoms with E-state index in [2.05, 4.69) is 55.5 Å². The predicted molar refractivity (Wildman–Crippen MR) is 256 cm³/mol. The summed E-state index contributed by atoms with van der Waals surface area (Å²) in [6, 6.07) is 32.9. The van der Waals surface area contributed by atoms with Crippen LogP contribution < -0.4 is 20.9 Å². The Bertz CT molecular complexity index is 1620. The van der Waals surface area contributed by atoms with E-state index in [0.717, 1.165) is 52.1 Å². The predicted octanol–water partition coefficient (Wildman–Crippen LogP) is 17.2. The van der Waals surface area contributed by atoms with Gasteiger partial charge in [0, 0.05) is 16.8 Å². The van der Waals surface area contributed by atoms with Crippen molar-refractivity contribution in [2.24, 2.45) is 17.8 Å². The highest BCUT2D eigenvalue weighted by molar-refractivity contribution is 5.47. The minimum absolute atomic E-state index is 0.0271. The molecule has 0 aliphatic heterocycles. The van der Waals surface area contributed by atoms with E-state index in [1.165, 1.54) is 184 Å². The minimum atomic E-state index is -0.0271. The molecule has 4 heteroatoms. The summed E-state index contributed by atoms with van der Waals surface area (Å²) in [5.41, 5.74) is 16.0. The molecule has 4 N–H and O–H groups in total. The summed E-state index contributed by atoms with van der Waals surface area (Å²) in [5, 5.41) is 0. The van der Waals surface area contributed by atoms with Crippen molar-refractivity contribution < 1.29 is 9.47 Å². The second-order valence-corrected chi connectivity index (χ2v) is 19.0. The lowest BCUT2D eigenvalue weighted by atomic mass is 9.62. The number of benzene rings is 4. The number of nitrogen functional groups attached to an aromatic ring is 2. The zero-order chi connectivity index (χ0) is 41.7. The van der Waals surface area contributed by atoms with Crippen LogP contribution in [0.5, 0.6) is 23.0 Å². The third kappa shape index (κ3) is 14.9. The summed E-state index contributed by atoms with van der Waals surface area (Å²) in [4.78, 5) is 0. The van der Waals surface area contributed by atoms with Crippen molar-refractivity contribution in [1.29, 1.82) is 0 Å². The molecule has 0 heterocycles. The maximum atomic E-state index is 6.19. The van der Waals surface area contributed by atoms with Crippen LogP contribution in [0.15, 0.2) is 97.1 Å². The van der Waals surface area contributed by atoms with E-state index < -0.39 is 0 Å². The van der Waals surface area contributed by atoms with E-state index >= 15 is 0 Å². The molecular weight excluding hydrogens is 733 g/mol. The van der Waals surface area contributed by atoms with Gasteiger partial charge >= 0.3 is 0 Å². The molecule has 2 aliphatic carbocycles. The Balaban J connectivity index is 0.896. The van der Waals surface area contributed by atoms with Crippen LogP contribution in [-0.2, 0) is 5.41 Å². The number of nitrogens with two attached hydrogens (primary N) is 2. The Labute approximate surface area is 365 Å². The molecule has 2 saturated carbocycles. The van der Waals surface area contributed by atoms with Gasteiger partial charge in [0.2, 0.25) is 0 Å². The molecule has 0 spiro atoms. The third-order valence-corrected chi connectivity index (χ3v) is 14.4. The van der Waals surface area contributed by atoms with Gasteiger partial charge in [0.25, 0.3) is 0 Å². The smallest absolute Gasteiger partial charge is 0.127 e. The first-order chi connectivity index (χ1) is 29.5. The summed E-state index contributed by atoms with van der Waals surface area (Å²) in [6.45, 7) is 2.31. The highest BCUT2D eigenvalue weighted by Gasteiger charge is 2.38. The quantitative estimate of drug-likeness (QED) is 0.0489. The Hall–Kier alpha value is -3.92. The maximum Gasteiger partial charge on any atom is 0.127 e. The second-order valence-electron chi connectivity index (χ2n) is 19.0. The molecule has 6 rings (SSSR count). The Morgan fingerprint density at radius 1 is 0.383 bits per heavy atom. The average Bonchev–Trinajstić information content (AvgIpc) is 3.28. The Kier molecular flexibility index (Phi) is 19.1. The summed E-state index contributed by atoms with van der Waals surface area (Å²) >= 11 is 0. The van der Waals surface area contributed by atoms with Crippen molar-refractivity contribution in [2.45, 2.75) is 186 Å². The van der Waals surface area contributed by atoms with Gasteiger partial charge in [-0.25, -0.2) is 0 Å². The summed E-state index contributed by atoms with van der Waals surface area (Å²) in [5.74, 6) is 6.05. The van der Waals surface area contributed by atoms with Crippen molar-refractivity contribution in [3.05, 3.63) is 108 Å². The highest BCUT2D eigenvalue weighted by Crippen LogP contribution is 2.49. The lowest BCUT2D eigenvalue weighted by Gasteiger charge is -2.42. The summed E-state index contributed by atoms with van der Waals surface area (Å²) in [7, 11) is 0. The molecule has 4 aromatic rings. The summed E-state index contributed by atoms with van der Waals surface area (Å²) < 4.78 is 12.4. The molecule has 0 bridgehead atoms. The molecular formula is C56H80N2O2. The zero-order valence-corrected chi connectivity index (χ0v) is 37.5. The average molecular weight is 813 g/mol. The third-order valence-electron chi connectivity index (χ3n) is 14.4. The Morgan fingerprint density at radius 2 is 0.683 bits per heavy atom. The fraction of sp³-hybridized carbons (Fsp3) is 0.571. The second kappa shape index (κ2) is 25.1. The van der Waals surface area contributed by atoms with Crippen molar-refractivity contribution in [1.82, 2.24) is 0 Å². The number of rotatable bonds is 26. The van der Waals surface area contributed by atoms with E-state index in [-0.39, 0.29) is 5.41 Å². The number of hydrogen-bond acceptors (Lipinski definition) is 4. The highest BCUT2D eigenvalue weighted by atomic mass is 16.5. The maximum absolute atomic E-state index is 6.19. The van der Waals surface area contributed by atoms with Gasteiger partial charge in [-0.3, -0.25) is 0 Å². The topological polar surface area (TPSA) is 70.5 Å². The van der Waals surface area contributed by atoms with Crippen LogP contribution in [0, 0.1) is 17.8 Å². The van der Waals surface area contributed by atoms with E-state index in [1.54, 1.807) is 0 Å². The van der Waals surface area contributed by atoms with Crippen LogP contribution >= 0.6 is 0 Å².